The van der Waals surface area contributed by atoms with Crippen LogP contribution < -0.4 is 5.32 Å². The van der Waals surface area contributed by atoms with E-state index >= 15 is 0 Å². The van der Waals surface area contributed by atoms with Crippen LogP contribution in [0.15, 0.2) is 42.6 Å². The molecule has 0 amide bonds. The lowest BCUT2D eigenvalue weighted by Crippen LogP contribution is -2.07. The maximum Gasteiger partial charge on any atom is 0.341 e. The van der Waals surface area contributed by atoms with E-state index in [2.05, 4.69) is 10.3 Å². The van der Waals surface area contributed by atoms with Crippen molar-refractivity contribution in [3.05, 3.63) is 53.7 Å². The molecule has 0 radical (unpaired) electrons. The first kappa shape index (κ1) is 15.7. The predicted octanol–water partition coefficient (Wildman–Crippen LogP) is 2.99. The Morgan fingerprint density at radius 3 is 2.68 bits per heavy atom. The quantitative estimate of drug-likeness (QED) is 0.656. The summed E-state index contributed by atoms with van der Waals surface area (Å²) in [5.41, 5.74) is 2.27. The van der Waals surface area contributed by atoms with Crippen molar-refractivity contribution >= 4 is 23.8 Å². The van der Waals surface area contributed by atoms with Gasteiger partial charge in [0.15, 0.2) is 0 Å². The van der Waals surface area contributed by atoms with E-state index in [-0.39, 0.29) is 5.92 Å². The molecule has 0 aliphatic heterocycles. The zero-order valence-electron chi connectivity index (χ0n) is 12.6. The van der Waals surface area contributed by atoms with Crippen LogP contribution in [-0.2, 0) is 16.0 Å². The van der Waals surface area contributed by atoms with E-state index in [4.69, 9.17) is 4.74 Å². The van der Waals surface area contributed by atoms with Crippen molar-refractivity contribution in [2.75, 3.05) is 12.4 Å². The molecule has 0 fully saturated rings. The number of hydrogen-bond donors (Lipinski definition) is 1. The summed E-state index contributed by atoms with van der Waals surface area (Å²) in [6, 6.07) is 11.0. The van der Waals surface area contributed by atoms with Crippen molar-refractivity contribution in [2.24, 2.45) is 5.92 Å². The summed E-state index contributed by atoms with van der Waals surface area (Å²) in [5.74, 6) is 0.0101. The fraction of sp³-hybridized carbons (Fsp3) is 0.235. The molecule has 0 saturated carbocycles. The van der Waals surface area contributed by atoms with Gasteiger partial charge in [-0.15, -0.1) is 0 Å². The van der Waals surface area contributed by atoms with Gasteiger partial charge < -0.3 is 14.8 Å². The van der Waals surface area contributed by atoms with E-state index in [1.54, 1.807) is 18.3 Å². The molecule has 0 aliphatic rings. The molecule has 22 heavy (non-hydrogen) atoms. The Hall–Kier alpha value is -2.69. The average molecular weight is 298 g/mol. The highest BCUT2D eigenvalue weighted by atomic mass is 16.5. The second kappa shape index (κ2) is 7.36. The van der Waals surface area contributed by atoms with Gasteiger partial charge in [-0.1, -0.05) is 19.1 Å². The number of pyridine rings is 1. The van der Waals surface area contributed by atoms with Gasteiger partial charge in [0.2, 0.25) is 0 Å². The Morgan fingerprint density at radius 1 is 1.32 bits per heavy atom. The van der Waals surface area contributed by atoms with Crippen LogP contribution in [0.25, 0.3) is 0 Å². The van der Waals surface area contributed by atoms with Gasteiger partial charge in [-0.2, -0.15) is 0 Å². The van der Waals surface area contributed by atoms with Crippen LogP contribution in [0, 0.1) is 5.92 Å². The van der Waals surface area contributed by atoms with Crippen molar-refractivity contribution < 1.29 is 14.3 Å². The number of ether oxygens (including phenoxy) is 1. The molecule has 0 spiro atoms. The highest BCUT2D eigenvalue weighted by Crippen LogP contribution is 2.20. The number of methoxy groups -OCH3 is 1. The molecule has 1 N–H and O–H groups in total. The van der Waals surface area contributed by atoms with Gasteiger partial charge in [0.05, 0.1) is 7.11 Å². The summed E-state index contributed by atoms with van der Waals surface area (Å²) in [4.78, 5) is 26.5. The number of aromatic nitrogens is 1. The minimum Gasteiger partial charge on any atom is -0.465 e. The molecular formula is C17H18N2O3. The second-order valence-corrected chi connectivity index (χ2v) is 5.03. The lowest BCUT2D eigenvalue weighted by Gasteiger charge is -2.10. The minimum atomic E-state index is -0.438. The van der Waals surface area contributed by atoms with Gasteiger partial charge in [0, 0.05) is 17.8 Å². The summed E-state index contributed by atoms with van der Waals surface area (Å²) in [6.07, 6.45) is 3.26. The van der Waals surface area contributed by atoms with Crippen LogP contribution in [0.3, 0.4) is 0 Å². The van der Waals surface area contributed by atoms with Gasteiger partial charge in [-0.3, -0.25) is 0 Å². The third kappa shape index (κ3) is 3.91. The van der Waals surface area contributed by atoms with Crippen molar-refractivity contribution in [2.45, 2.75) is 13.3 Å². The van der Waals surface area contributed by atoms with E-state index < -0.39 is 5.97 Å². The molecule has 2 rings (SSSR count). The standard InChI is InChI=1S/C17H18N2O3/c1-12(11-20)10-13-5-7-14(8-6-13)19-16-15(17(21)22-2)4-3-9-18-16/h3-9,11-12H,10H2,1-2H3,(H,18,19). The Bertz CT molecular complexity index is 653. The van der Waals surface area contributed by atoms with Crippen LogP contribution >= 0.6 is 0 Å². The topological polar surface area (TPSA) is 68.3 Å². The van der Waals surface area contributed by atoms with Gasteiger partial charge in [0.25, 0.3) is 0 Å². The first-order chi connectivity index (χ1) is 10.6. The van der Waals surface area contributed by atoms with Crippen LogP contribution in [0.5, 0.6) is 0 Å². The number of carbonyl (C=O) groups excluding carboxylic acids is 2. The maximum atomic E-state index is 11.7. The SMILES string of the molecule is COC(=O)c1cccnc1Nc1ccc(CC(C)C=O)cc1. The number of rotatable bonds is 6. The maximum absolute atomic E-state index is 11.7. The Labute approximate surface area is 129 Å². The van der Waals surface area contributed by atoms with E-state index in [1.165, 1.54) is 7.11 Å². The fourth-order valence-corrected chi connectivity index (χ4v) is 2.06. The molecule has 1 aromatic heterocycles. The fourth-order valence-electron chi connectivity index (χ4n) is 2.06. The lowest BCUT2D eigenvalue weighted by atomic mass is 10.0. The molecule has 1 unspecified atom stereocenters. The summed E-state index contributed by atoms with van der Waals surface area (Å²) in [5, 5.41) is 3.10. The Morgan fingerprint density at radius 2 is 2.05 bits per heavy atom. The smallest absolute Gasteiger partial charge is 0.341 e. The van der Waals surface area contributed by atoms with Crippen LogP contribution in [-0.4, -0.2) is 24.3 Å². The third-order valence-electron chi connectivity index (χ3n) is 3.22. The first-order valence-electron chi connectivity index (χ1n) is 6.98. The van der Waals surface area contributed by atoms with Gasteiger partial charge in [-0.05, 0) is 36.2 Å². The zero-order chi connectivity index (χ0) is 15.9. The molecule has 5 heteroatoms. The van der Waals surface area contributed by atoms with Gasteiger partial charge in [-0.25, -0.2) is 9.78 Å². The molecule has 0 saturated heterocycles. The number of anilines is 2. The molecular weight excluding hydrogens is 280 g/mol. The number of hydrogen-bond acceptors (Lipinski definition) is 5. The van der Waals surface area contributed by atoms with Crippen molar-refractivity contribution in [3.63, 3.8) is 0 Å². The average Bonchev–Trinajstić information content (AvgIpc) is 2.56. The summed E-state index contributed by atoms with van der Waals surface area (Å²) in [6.45, 7) is 1.88. The third-order valence-corrected chi connectivity index (χ3v) is 3.22. The summed E-state index contributed by atoms with van der Waals surface area (Å²) in [7, 11) is 1.34. The summed E-state index contributed by atoms with van der Waals surface area (Å²) < 4.78 is 4.74. The molecule has 0 bridgehead atoms. The zero-order valence-corrected chi connectivity index (χ0v) is 12.6. The highest BCUT2D eigenvalue weighted by Gasteiger charge is 2.12. The second-order valence-electron chi connectivity index (χ2n) is 5.03. The molecule has 0 aliphatic carbocycles. The number of carbonyl (C=O) groups is 2. The summed E-state index contributed by atoms with van der Waals surface area (Å²) >= 11 is 0. The normalized spacial score (nSPS) is 11.5. The first-order valence-corrected chi connectivity index (χ1v) is 6.98. The number of nitrogens with zero attached hydrogens (tertiary/aromatic N) is 1. The molecule has 114 valence electrons. The highest BCUT2D eigenvalue weighted by molar-refractivity contribution is 5.95. The molecule has 5 nitrogen and oxygen atoms in total. The van der Waals surface area contributed by atoms with Crippen LogP contribution in [0.1, 0.15) is 22.8 Å². The van der Waals surface area contributed by atoms with E-state index in [0.29, 0.717) is 17.8 Å². The Kier molecular flexibility index (Phi) is 5.25. The van der Waals surface area contributed by atoms with Crippen molar-refractivity contribution in [1.29, 1.82) is 0 Å². The number of benzene rings is 1. The van der Waals surface area contributed by atoms with Crippen molar-refractivity contribution in [3.8, 4) is 0 Å². The lowest BCUT2D eigenvalue weighted by molar-refractivity contribution is -0.110. The van der Waals surface area contributed by atoms with E-state index in [0.717, 1.165) is 17.5 Å². The minimum absolute atomic E-state index is 0.000487. The van der Waals surface area contributed by atoms with Crippen LogP contribution in [0.4, 0.5) is 11.5 Å². The van der Waals surface area contributed by atoms with E-state index in [9.17, 15) is 9.59 Å². The van der Waals surface area contributed by atoms with Gasteiger partial charge >= 0.3 is 5.97 Å². The molecule has 2 aromatic rings. The predicted molar refractivity (Wildman–Crippen MR) is 84.2 cm³/mol. The van der Waals surface area contributed by atoms with Crippen molar-refractivity contribution in [1.82, 2.24) is 4.98 Å². The van der Waals surface area contributed by atoms with E-state index in [1.807, 2.05) is 31.2 Å². The largest absolute Gasteiger partial charge is 0.465 e. The Balaban J connectivity index is 2.14. The number of esters is 1. The number of aldehydes is 1. The molecule has 1 aromatic carbocycles. The monoisotopic (exact) mass is 298 g/mol. The molecule has 1 heterocycles. The van der Waals surface area contributed by atoms with Gasteiger partial charge in [0.1, 0.15) is 17.7 Å². The van der Waals surface area contributed by atoms with Crippen LogP contribution in [0.2, 0.25) is 0 Å². The molecule has 1 atom stereocenters. The number of nitrogens with one attached hydrogen (secondary N) is 1.